The molecule has 0 spiro atoms. The highest BCUT2D eigenvalue weighted by molar-refractivity contribution is 7.91. The SMILES string of the molecule is CCc1ccc2occ(CC(=O)Nc3sc4c(c3C(=O)NC3CCS(=O)(=O)C3)CCC(C)C4)c2c1. The fraction of sp³-hybridized carbons (Fsp3) is 0.462. The van der Waals surface area contributed by atoms with Crippen molar-refractivity contribution in [2.24, 2.45) is 5.92 Å². The summed E-state index contributed by atoms with van der Waals surface area (Å²) in [6.07, 6.45) is 5.72. The van der Waals surface area contributed by atoms with Crippen LogP contribution in [0.15, 0.2) is 28.9 Å². The molecular weight excluding hydrogens is 484 g/mol. The van der Waals surface area contributed by atoms with Gasteiger partial charge in [-0.2, -0.15) is 0 Å². The second-order valence-corrected chi connectivity index (χ2v) is 13.1. The van der Waals surface area contributed by atoms with Gasteiger partial charge in [-0.3, -0.25) is 9.59 Å². The number of hydrogen-bond donors (Lipinski definition) is 2. The monoisotopic (exact) mass is 514 g/mol. The van der Waals surface area contributed by atoms with E-state index in [-0.39, 0.29) is 35.8 Å². The summed E-state index contributed by atoms with van der Waals surface area (Å²) in [4.78, 5) is 27.6. The molecule has 7 nitrogen and oxygen atoms in total. The Bertz CT molecular complexity index is 1400. The largest absolute Gasteiger partial charge is 0.464 e. The molecule has 2 N–H and O–H groups in total. The Balaban J connectivity index is 1.39. The van der Waals surface area contributed by atoms with Gasteiger partial charge in [0.2, 0.25) is 5.91 Å². The molecule has 1 fully saturated rings. The number of benzene rings is 1. The van der Waals surface area contributed by atoms with Gasteiger partial charge in [-0.1, -0.05) is 19.9 Å². The first-order valence-electron chi connectivity index (χ1n) is 12.2. The number of anilines is 1. The van der Waals surface area contributed by atoms with Crippen LogP contribution >= 0.6 is 11.3 Å². The topological polar surface area (TPSA) is 105 Å². The Morgan fingerprint density at radius 1 is 1.23 bits per heavy atom. The van der Waals surface area contributed by atoms with Crippen molar-refractivity contribution >= 4 is 49.0 Å². The van der Waals surface area contributed by atoms with Crippen molar-refractivity contribution in [2.45, 2.75) is 58.4 Å². The minimum atomic E-state index is -3.11. The smallest absolute Gasteiger partial charge is 0.254 e. The maximum atomic E-state index is 13.3. The van der Waals surface area contributed by atoms with Gasteiger partial charge in [-0.05, 0) is 61.3 Å². The maximum Gasteiger partial charge on any atom is 0.254 e. The number of fused-ring (bicyclic) bond motifs is 2. The maximum absolute atomic E-state index is 13.3. The molecule has 1 aliphatic heterocycles. The first-order valence-corrected chi connectivity index (χ1v) is 14.8. The summed E-state index contributed by atoms with van der Waals surface area (Å²) in [7, 11) is -3.11. The molecule has 2 amide bonds. The summed E-state index contributed by atoms with van der Waals surface area (Å²) in [6, 6.07) is 5.61. The average Bonchev–Trinajstić information content (AvgIpc) is 3.47. The lowest BCUT2D eigenvalue weighted by Gasteiger charge is -2.19. The Morgan fingerprint density at radius 3 is 2.80 bits per heavy atom. The second kappa shape index (κ2) is 9.43. The summed E-state index contributed by atoms with van der Waals surface area (Å²) in [5, 5.41) is 7.39. The molecule has 1 aromatic carbocycles. The Labute approximate surface area is 209 Å². The van der Waals surface area contributed by atoms with Crippen molar-refractivity contribution in [3.8, 4) is 0 Å². The molecule has 2 unspecified atom stereocenters. The van der Waals surface area contributed by atoms with E-state index in [0.29, 0.717) is 22.9 Å². The lowest BCUT2D eigenvalue weighted by molar-refractivity contribution is -0.115. The fourth-order valence-electron chi connectivity index (χ4n) is 5.08. The predicted molar refractivity (Wildman–Crippen MR) is 138 cm³/mol. The predicted octanol–water partition coefficient (Wildman–Crippen LogP) is 4.28. The molecule has 2 aliphatic rings. The van der Waals surface area contributed by atoms with Crippen molar-refractivity contribution in [2.75, 3.05) is 16.8 Å². The second-order valence-electron chi connectivity index (χ2n) is 9.80. The molecule has 3 heterocycles. The van der Waals surface area contributed by atoms with Crippen LogP contribution in [0.3, 0.4) is 0 Å². The van der Waals surface area contributed by atoms with Gasteiger partial charge < -0.3 is 15.1 Å². The molecule has 35 heavy (non-hydrogen) atoms. The first-order chi connectivity index (χ1) is 16.7. The number of carbonyl (C=O) groups excluding carboxylic acids is 2. The summed E-state index contributed by atoms with van der Waals surface area (Å²) < 4.78 is 29.4. The summed E-state index contributed by atoms with van der Waals surface area (Å²) in [5.41, 5.74) is 4.22. The van der Waals surface area contributed by atoms with E-state index in [0.717, 1.165) is 52.7 Å². The van der Waals surface area contributed by atoms with Crippen LogP contribution in [0.2, 0.25) is 0 Å². The van der Waals surface area contributed by atoms with Crippen LogP contribution in [0.25, 0.3) is 11.0 Å². The van der Waals surface area contributed by atoms with E-state index >= 15 is 0 Å². The molecule has 0 saturated carbocycles. The first kappa shape index (κ1) is 24.1. The van der Waals surface area contributed by atoms with Gasteiger partial charge in [-0.15, -0.1) is 11.3 Å². The summed E-state index contributed by atoms with van der Waals surface area (Å²) in [6.45, 7) is 4.28. The summed E-state index contributed by atoms with van der Waals surface area (Å²) >= 11 is 1.47. The van der Waals surface area contributed by atoms with Crippen molar-refractivity contribution in [3.63, 3.8) is 0 Å². The number of amides is 2. The zero-order chi connectivity index (χ0) is 24.7. The number of thiophene rings is 1. The van der Waals surface area contributed by atoms with Gasteiger partial charge in [-0.25, -0.2) is 8.42 Å². The van der Waals surface area contributed by atoms with Crippen LogP contribution in [0.5, 0.6) is 0 Å². The lowest BCUT2D eigenvalue weighted by atomic mass is 9.88. The van der Waals surface area contributed by atoms with Crippen LogP contribution in [0, 0.1) is 5.92 Å². The van der Waals surface area contributed by atoms with Gasteiger partial charge in [0, 0.05) is 21.9 Å². The number of furan rings is 1. The molecule has 1 saturated heterocycles. The van der Waals surface area contributed by atoms with E-state index in [2.05, 4.69) is 30.5 Å². The Hall–Kier alpha value is -2.65. The van der Waals surface area contributed by atoms with E-state index in [1.54, 1.807) is 6.26 Å². The number of sulfone groups is 1. The molecule has 0 radical (unpaired) electrons. The molecule has 3 aromatic rings. The van der Waals surface area contributed by atoms with Crippen molar-refractivity contribution in [1.29, 1.82) is 0 Å². The van der Waals surface area contributed by atoms with Crippen LogP contribution in [0.1, 0.15) is 58.6 Å². The fourth-order valence-corrected chi connectivity index (χ4v) is 8.17. The standard InChI is InChI=1S/C26H30N2O5S2/c1-3-16-5-7-21-20(11-16)17(13-33-21)12-23(29)28-26-24(19-6-4-15(2)10-22(19)34-26)25(30)27-18-8-9-35(31,32)14-18/h5,7,11,13,15,18H,3-4,6,8-10,12,14H2,1-2H3,(H,27,30)(H,28,29). The minimum absolute atomic E-state index is 0.0306. The molecule has 186 valence electrons. The van der Waals surface area contributed by atoms with Crippen LogP contribution in [-0.2, 0) is 40.3 Å². The Kier molecular flexibility index (Phi) is 6.48. The van der Waals surface area contributed by atoms with E-state index in [1.165, 1.54) is 16.9 Å². The number of hydrogen-bond acceptors (Lipinski definition) is 6. The number of aryl methyl sites for hydroxylation is 1. The number of nitrogens with one attached hydrogen (secondary N) is 2. The zero-order valence-corrected chi connectivity index (χ0v) is 21.6. The molecule has 2 atom stereocenters. The lowest BCUT2D eigenvalue weighted by Crippen LogP contribution is -2.36. The molecule has 5 rings (SSSR count). The van der Waals surface area contributed by atoms with Crippen molar-refractivity contribution < 1.29 is 22.4 Å². The highest BCUT2D eigenvalue weighted by atomic mass is 32.2. The summed E-state index contributed by atoms with van der Waals surface area (Å²) in [5.74, 6) is 0.0798. The zero-order valence-electron chi connectivity index (χ0n) is 20.0. The van der Waals surface area contributed by atoms with Gasteiger partial charge in [0.15, 0.2) is 9.84 Å². The highest BCUT2D eigenvalue weighted by Gasteiger charge is 2.33. The third kappa shape index (κ3) is 5.02. The molecule has 9 heteroatoms. The van der Waals surface area contributed by atoms with E-state index in [9.17, 15) is 18.0 Å². The van der Waals surface area contributed by atoms with E-state index in [4.69, 9.17) is 4.42 Å². The number of rotatable bonds is 6. The van der Waals surface area contributed by atoms with Crippen molar-refractivity contribution in [1.82, 2.24) is 5.32 Å². The van der Waals surface area contributed by atoms with Crippen molar-refractivity contribution in [3.05, 3.63) is 51.6 Å². The highest BCUT2D eigenvalue weighted by Crippen LogP contribution is 2.40. The molecular formula is C26H30N2O5S2. The third-order valence-electron chi connectivity index (χ3n) is 7.04. The van der Waals surface area contributed by atoms with Crippen LogP contribution < -0.4 is 10.6 Å². The average molecular weight is 515 g/mol. The van der Waals surface area contributed by atoms with Gasteiger partial charge >= 0.3 is 0 Å². The van der Waals surface area contributed by atoms with Crippen LogP contribution in [-0.4, -0.2) is 37.8 Å². The minimum Gasteiger partial charge on any atom is -0.464 e. The quantitative estimate of drug-likeness (QED) is 0.511. The van der Waals surface area contributed by atoms with Gasteiger partial charge in [0.05, 0.1) is 29.8 Å². The molecule has 0 bridgehead atoms. The van der Waals surface area contributed by atoms with Crippen LogP contribution in [0.4, 0.5) is 5.00 Å². The third-order valence-corrected chi connectivity index (χ3v) is 9.97. The molecule has 1 aliphatic carbocycles. The normalized spacial score (nSPS) is 21.1. The Morgan fingerprint density at radius 2 is 2.06 bits per heavy atom. The molecule has 2 aromatic heterocycles. The van der Waals surface area contributed by atoms with Gasteiger partial charge in [0.25, 0.3) is 5.91 Å². The van der Waals surface area contributed by atoms with E-state index < -0.39 is 9.84 Å². The number of carbonyl (C=O) groups is 2. The van der Waals surface area contributed by atoms with E-state index in [1.807, 2.05) is 12.1 Å². The van der Waals surface area contributed by atoms with Gasteiger partial charge in [0.1, 0.15) is 10.6 Å².